The highest BCUT2D eigenvalue weighted by Crippen LogP contribution is 2.38. The van der Waals surface area contributed by atoms with Crippen molar-refractivity contribution in [3.05, 3.63) is 63.6 Å². The van der Waals surface area contributed by atoms with E-state index in [4.69, 9.17) is 27.9 Å². The maximum atomic E-state index is 10.8. The Morgan fingerprint density at radius 1 is 1.11 bits per heavy atom. The van der Waals surface area contributed by atoms with E-state index in [9.17, 15) is 5.11 Å². The van der Waals surface area contributed by atoms with Crippen LogP contribution in [0, 0.1) is 0 Å². The van der Waals surface area contributed by atoms with Crippen LogP contribution in [0.2, 0.25) is 10.0 Å². The number of hydrogen-bond acceptors (Lipinski definition) is 2. The zero-order chi connectivity index (χ0) is 14.0. The third-order valence-corrected chi connectivity index (χ3v) is 3.93. The fourth-order valence-electron chi connectivity index (χ4n) is 1.96. The van der Waals surface area contributed by atoms with Crippen molar-refractivity contribution in [2.75, 3.05) is 7.11 Å². The third kappa shape index (κ3) is 2.71. The molecular formula is C15H14Cl2O2. The van der Waals surface area contributed by atoms with Crippen molar-refractivity contribution in [3.8, 4) is 5.75 Å². The van der Waals surface area contributed by atoms with E-state index >= 15 is 0 Å². The van der Waals surface area contributed by atoms with Crippen LogP contribution in [-0.4, -0.2) is 12.2 Å². The number of rotatable bonds is 3. The summed E-state index contributed by atoms with van der Waals surface area (Å²) in [6.45, 7) is 1.68. The first-order valence-electron chi connectivity index (χ1n) is 5.78. The SMILES string of the molecule is COc1cccc(C(C)(O)c2cccc(Cl)c2Cl)c1. The Balaban J connectivity index is 2.54. The zero-order valence-corrected chi connectivity index (χ0v) is 12.2. The van der Waals surface area contributed by atoms with E-state index in [1.165, 1.54) is 0 Å². The minimum Gasteiger partial charge on any atom is -0.497 e. The fraction of sp³-hybridized carbons (Fsp3) is 0.200. The molecule has 0 amide bonds. The lowest BCUT2D eigenvalue weighted by molar-refractivity contribution is 0.102. The van der Waals surface area contributed by atoms with Crippen molar-refractivity contribution < 1.29 is 9.84 Å². The molecule has 0 aromatic heterocycles. The van der Waals surface area contributed by atoms with Crippen LogP contribution in [-0.2, 0) is 5.60 Å². The summed E-state index contributed by atoms with van der Waals surface area (Å²) in [6, 6.07) is 12.4. The molecule has 0 radical (unpaired) electrons. The Labute approximate surface area is 122 Å². The number of halogens is 2. The van der Waals surface area contributed by atoms with Crippen LogP contribution < -0.4 is 4.74 Å². The van der Waals surface area contributed by atoms with Crippen molar-refractivity contribution in [2.24, 2.45) is 0 Å². The van der Waals surface area contributed by atoms with E-state index < -0.39 is 5.60 Å². The molecular weight excluding hydrogens is 283 g/mol. The lowest BCUT2D eigenvalue weighted by Gasteiger charge is -2.26. The standard InChI is InChI=1S/C15H14Cl2O2/c1-15(18,10-5-3-6-11(9-10)19-2)12-7-4-8-13(16)14(12)17/h3-9,18H,1-2H3. The molecule has 4 heteroatoms. The van der Waals surface area contributed by atoms with Gasteiger partial charge in [0, 0.05) is 5.56 Å². The molecule has 0 spiro atoms. The van der Waals surface area contributed by atoms with Gasteiger partial charge < -0.3 is 9.84 Å². The number of ether oxygens (including phenoxy) is 1. The van der Waals surface area contributed by atoms with Gasteiger partial charge in [-0.3, -0.25) is 0 Å². The van der Waals surface area contributed by atoms with Gasteiger partial charge in [-0.2, -0.15) is 0 Å². The van der Waals surface area contributed by atoms with Crippen molar-refractivity contribution in [2.45, 2.75) is 12.5 Å². The predicted molar refractivity (Wildman–Crippen MR) is 78.1 cm³/mol. The number of benzene rings is 2. The molecule has 0 aliphatic carbocycles. The van der Waals surface area contributed by atoms with Gasteiger partial charge in [0.25, 0.3) is 0 Å². The molecule has 2 nitrogen and oxygen atoms in total. The van der Waals surface area contributed by atoms with Crippen molar-refractivity contribution in [3.63, 3.8) is 0 Å². The van der Waals surface area contributed by atoms with Crippen LogP contribution in [0.5, 0.6) is 5.75 Å². The molecule has 0 fully saturated rings. The lowest BCUT2D eigenvalue weighted by Crippen LogP contribution is -2.23. The minimum atomic E-state index is -1.24. The summed E-state index contributed by atoms with van der Waals surface area (Å²) in [4.78, 5) is 0. The molecule has 2 rings (SSSR count). The molecule has 19 heavy (non-hydrogen) atoms. The predicted octanol–water partition coefficient (Wildman–Crippen LogP) is 4.26. The third-order valence-electron chi connectivity index (χ3n) is 3.11. The van der Waals surface area contributed by atoms with Crippen molar-refractivity contribution in [1.29, 1.82) is 0 Å². The second-order valence-corrected chi connectivity index (χ2v) is 5.19. The number of methoxy groups -OCH3 is 1. The largest absolute Gasteiger partial charge is 0.497 e. The van der Waals surface area contributed by atoms with Gasteiger partial charge in [0.1, 0.15) is 11.4 Å². The smallest absolute Gasteiger partial charge is 0.119 e. The summed E-state index contributed by atoms with van der Waals surface area (Å²) in [5.41, 5.74) is 0.0159. The summed E-state index contributed by atoms with van der Waals surface area (Å²) in [6.07, 6.45) is 0. The Bertz CT molecular complexity index is 594. The quantitative estimate of drug-likeness (QED) is 0.917. The second-order valence-electron chi connectivity index (χ2n) is 4.41. The van der Waals surface area contributed by atoms with Gasteiger partial charge in [-0.05, 0) is 30.7 Å². The van der Waals surface area contributed by atoms with Gasteiger partial charge >= 0.3 is 0 Å². The molecule has 0 saturated heterocycles. The van der Waals surface area contributed by atoms with Crippen LogP contribution in [0.3, 0.4) is 0 Å². The normalized spacial score (nSPS) is 13.9. The molecule has 0 bridgehead atoms. The minimum absolute atomic E-state index is 0.358. The van der Waals surface area contributed by atoms with Crippen LogP contribution in [0.4, 0.5) is 0 Å². The highest BCUT2D eigenvalue weighted by atomic mass is 35.5. The molecule has 0 saturated carbocycles. The van der Waals surface area contributed by atoms with Crippen LogP contribution >= 0.6 is 23.2 Å². The topological polar surface area (TPSA) is 29.5 Å². The molecule has 2 aromatic carbocycles. The molecule has 0 heterocycles. The molecule has 0 aliphatic rings. The zero-order valence-electron chi connectivity index (χ0n) is 10.7. The monoisotopic (exact) mass is 296 g/mol. The van der Waals surface area contributed by atoms with E-state index in [0.717, 1.165) is 0 Å². The first-order valence-corrected chi connectivity index (χ1v) is 6.54. The highest BCUT2D eigenvalue weighted by Gasteiger charge is 2.29. The Morgan fingerprint density at radius 2 is 1.79 bits per heavy atom. The summed E-state index contributed by atoms with van der Waals surface area (Å²) in [5, 5.41) is 11.6. The Morgan fingerprint density at radius 3 is 2.47 bits per heavy atom. The van der Waals surface area contributed by atoms with Crippen molar-refractivity contribution in [1.82, 2.24) is 0 Å². The second kappa shape index (κ2) is 5.41. The molecule has 100 valence electrons. The number of hydrogen-bond donors (Lipinski definition) is 1. The molecule has 1 atom stereocenters. The maximum Gasteiger partial charge on any atom is 0.119 e. The Hall–Kier alpha value is -1.22. The average Bonchev–Trinajstić information content (AvgIpc) is 2.41. The molecule has 0 aliphatic heterocycles. The summed E-state index contributed by atoms with van der Waals surface area (Å²) >= 11 is 12.2. The van der Waals surface area contributed by atoms with Crippen LogP contribution in [0.1, 0.15) is 18.1 Å². The van der Waals surface area contributed by atoms with Gasteiger partial charge in [0.05, 0.1) is 17.2 Å². The van der Waals surface area contributed by atoms with Crippen LogP contribution in [0.25, 0.3) is 0 Å². The fourth-order valence-corrected chi connectivity index (χ4v) is 2.45. The van der Waals surface area contributed by atoms with Gasteiger partial charge in [-0.25, -0.2) is 0 Å². The summed E-state index contributed by atoms with van der Waals surface area (Å²) in [5.74, 6) is 0.677. The summed E-state index contributed by atoms with van der Waals surface area (Å²) < 4.78 is 5.17. The van der Waals surface area contributed by atoms with Gasteiger partial charge in [0.15, 0.2) is 0 Å². The first-order chi connectivity index (χ1) is 8.96. The molecule has 1 unspecified atom stereocenters. The van der Waals surface area contributed by atoms with E-state index in [0.29, 0.717) is 26.9 Å². The van der Waals surface area contributed by atoms with Crippen molar-refractivity contribution >= 4 is 23.2 Å². The van der Waals surface area contributed by atoms with Gasteiger partial charge in [-0.1, -0.05) is 47.5 Å². The van der Waals surface area contributed by atoms with E-state index in [-0.39, 0.29) is 0 Å². The van der Waals surface area contributed by atoms with Gasteiger partial charge in [0.2, 0.25) is 0 Å². The molecule has 1 N–H and O–H groups in total. The van der Waals surface area contributed by atoms with E-state index in [1.54, 1.807) is 38.3 Å². The Kier molecular flexibility index (Phi) is 4.04. The lowest BCUT2D eigenvalue weighted by atomic mass is 9.88. The average molecular weight is 297 g/mol. The highest BCUT2D eigenvalue weighted by molar-refractivity contribution is 6.42. The van der Waals surface area contributed by atoms with E-state index in [1.807, 2.05) is 18.2 Å². The van der Waals surface area contributed by atoms with Crippen LogP contribution in [0.15, 0.2) is 42.5 Å². The summed E-state index contributed by atoms with van der Waals surface area (Å²) in [7, 11) is 1.58. The van der Waals surface area contributed by atoms with Gasteiger partial charge in [-0.15, -0.1) is 0 Å². The number of aliphatic hydroxyl groups is 1. The first kappa shape index (κ1) is 14.2. The molecule has 2 aromatic rings. The van der Waals surface area contributed by atoms with E-state index in [2.05, 4.69) is 0 Å². The maximum absolute atomic E-state index is 10.8.